The predicted molar refractivity (Wildman–Crippen MR) is 105 cm³/mol. The standard InChI is InChI=1S/C17H20O2.C6H4O/c1-10-7-16(18)12(3)5-14(10)9-15-6-13(4)17(19)8-11(15)2;7-6-2-1-4-3-5(4)6/h5-8,18-19H,9H2,1-4H3;1-3,7H. The van der Waals surface area contributed by atoms with Crippen LogP contribution in [0.2, 0.25) is 0 Å². The minimum atomic E-state index is 0.347. The van der Waals surface area contributed by atoms with Crippen molar-refractivity contribution in [2.45, 2.75) is 34.1 Å². The van der Waals surface area contributed by atoms with Gasteiger partial charge in [0.1, 0.15) is 17.2 Å². The zero-order valence-electron chi connectivity index (χ0n) is 15.6. The van der Waals surface area contributed by atoms with E-state index in [1.165, 1.54) is 16.7 Å². The van der Waals surface area contributed by atoms with Gasteiger partial charge in [-0.15, -0.1) is 0 Å². The Morgan fingerprint density at radius 3 is 1.38 bits per heavy atom. The largest absolute Gasteiger partial charge is 0.508 e. The molecule has 0 bridgehead atoms. The third-order valence-corrected chi connectivity index (χ3v) is 4.91. The van der Waals surface area contributed by atoms with Gasteiger partial charge in [-0.1, -0.05) is 18.2 Å². The Hall–Kier alpha value is -2.94. The fourth-order valence-electron chi connectivity index (χ4n) is 3.05. The van der Waals surface area contributed by atoms with Gasteiger partial charge in [0.15, 0.2) is 0 Å². The van der Waals surface area contributed by atoms with Gasteiger partial charge in [0.25, 0.3) is 0 Å². The molecular weight excluding hydrogens is 324 g/mol. The quantitative estimate of drug-likeness (QED) is 0.461. The summed E-state index contributed by atoms with van der Waals surface area (Å²) in [5.74, 6) is 1.12. The van der Waals surface area contributed by atoms with E-state index in [0.717, 1.165) is 34.2 Å². The van der Waals surface area contributed by atoms with E-state index in [4.69, 9.17) is 5.11 Å². The summed E-state index contributed by atoms with van der Waals surface area (Å²) >= 11 is 0. The number of aromatic hydroxyl groups is 3. The molecule has 0 spiro atoms. The van der Waals surface area contributed by atoms with Gasteiger partial charge in [0.05, 0.1) is 0 Å². The van der Waals surface area contributed by atoms with Gasteiger partial charge in [-0.05, 0) is 97.3 Å². The molecule has 0 radical (unpaired) electrons. The molecule has 3 heteroatoms. The maximum absolute atomic E-state index is 9.69. The fourth-order valence-corrected chi connectivity index (χ4v) is 3.05. The van der Waals surface area contributed by atoms with E-state index in [1.54, 1.807) is 6.07 Å². The summed E-state index contributed by atoms with van der Waals surface area (Å²) < 4.78 is 0. The van der Waals surface area contributed by atoms with E-state index in [2.05, 4.69) is 0 Å². The Kier molecular flexibility index (Phi) is 4.64. The van der Waals surface area contributed by atoms with Crippen LogP contribution in [0.3, 0.4) is 0 Å². The van der Waals surface area contributed by atoms with Crippen LogP contribution in [-0.4, -0.2) is 15.3 Å². The molecule has 0 saturated heterocycles. The molecule has 2 aliphatic rings. The highest BCUT2D eigenvalue weighted by atomic mass is 16.3. The summed E-state index contributed by atoms with van der Waals surface area (Å²) in [6, 6.07) is 13.3. The molecule has 4 rings (SSSR count). The molecule has 0 aromatic heterocycles. The van der Waals surface area contributed by atoms with Gasteiger partial charge in [0, 0.05) is 5.56 Å². The summed E-state index contributed by atoms with van der Waals surface area (Å²) in [5.41, 5.74) is 8.62. The number of hydrogen-bond donors (Lipinski definition) is 3. The lowest BCUT2D eigenvalue weighted by atomic mass is 9.94. The van der Waals surface area contributed by atoms with Gasteiger partial charge in [0.2, 0.25) is 0 Å². The topological polar surface area (TPSA) is 60.7 Å². The van der Waals surface area contributed by atoms with Crippen LogP contribution in [0.4, 0.5) is 0 Å². The molecule has 3 nitrogen and oxygen atoms in total. The highest BCUT2D eigenvalue weighted by molar-refractivity contribution is 5.86. The van der Waals surface area contributed by atoms with E-state index in [-0.39, 0.29) is 0 Å². The van der Waals surface area contributed by atoms with Gasteiger partial charge in [-0.25, -0.2) is 0 Å². The van der Waals surface area contributed by atoms with Crippen LogP contribution < -0.4 is 0 Å². The minimum Gasteiger partial charge on any atom is -0.508 e. The van der Waals surface area contributed by atoms with E-state index in [1.807, 2.05) is 64.1 Å². The zero-order chi connectivity index (χ0) is 19.0. The number of phenols is 3. The number of fused-ring (bicyclic) bond motifs is 1. The summed E-state index contributed by atoms with van der Waals surface area (Å²) in [5, 5.41) is 28.2. The maximum atomic E-state index is 9.69. The molecule has 0 atom stereocenters. The molecule has 0 fully saturated rings. The maximum Gasteiger partial charge on any atom is 0.123 e. The molecule has 0 heterocycles. The first-order chi connectivity index (χ1) is 12.3. The Balaban J connectivity index is 0.000000229. The Morgan fingerprint density at radius 1 is 0.577 bits per heavy atom. The average molecular weight is 348 g/mol. The van der Waals surface area contributed by atoms with Gasteiger partial charge < -0.3 is 15.3 Å². The van der Waals surface area contributed by atoms with Crippen LogP contribution in [0.25, 0.3) is 11.1 Å². The third kappa shape index (κ3) is 3.67. The number of aryl methyl sites for hydroxylation is 4. The van der Waals surface area contributed by atoms with Crippen molar-refractivity contribution in [3.63, 3.8) is 0 Å². The molecule has 26 heavy (non-hydrogen) atoms. The molecule has 2 aromatic rings. The minimum absolute atomic E-state index is 0.347. The molecule has 3 N–H and O–H groups in total. The first-order valence-electron chi connectivity index (χ1n) is 8.68. The van der Waals surface area contributed by atoms with Gasteiger partial charge in [-0.3, -0.25) is 0 Å². The van der Waals surface area contributed by atoms with Gasteiger partial charge >= 0.3 is 0 Å². The van der Waals surface area contributed by atoms with Crippen LogP contribution in [0.5, 0.6) is 17.2 Å². The summed E-state index contributed by atoms with van der Waals surface area (Å²) in [7, 11) is 0. The van der Waals surface area contributed by atoms with E-state index >= 15 is 0 Å². The van der Waals surface area contributed by atoms with Crippen molar-refractivity contribution in [2.75, 3.05) is 0 Å². The Bertz CT molecular complexity index is 932. The first kappa shape index (κ1) is 17.9. The van der Waals surface area contributed by atoms with Crippen molar-refractivity contribution in [2.24, 2.45) is 0 Å². The van der Waals surface area contributed by atoms with Crippen LogP contribution in [-0.2, 0) is 6.42 Å². The molecule has 0 amide bonds. The lowest BCUT2D eigenvalue weighted by Gasteiger charge is -2.12. The molecule has 0 aliphatic heterocycles. The van der Waals surface area contributed by atoms with Crippen molar-refractivity contribution in [1.29, 1.82) is 0 Å². The molecule has 2 aromatic carbocycles. The summed E-state index contributed by atoms with van der Waals surface area (Å²) in [4.78, 5) is 0. The van der Waals surface area contributed by atoms with Gasteiger partial charge in [-0.2, -0.15) is 0 Å². The smallest absolute Gasteiger partial charge is 0.123 e. The summed E-state index contributed by atoms with van der Waals surface area (Å²) in [6.45, 7) is 7.84. The van der Waals surface area contributed by atoms with E-state index in [0.29, 0.717) is 17.2 Å². The third-order valence-electron chi connectivity index (χ3n) is 4.91. The van der Waals surface area contributed by atoms with Crippen molar-refractivity contribution >= 4 is 0 Å². The zero-order valence-corrected chi connectivity index (χ0v) is 15.6. The van der Waals surface area contributed by atoms with Crippen LogP contribution >= 0.6 is 0 Å². The monoisotopic (exact) mass is 348 g/mol. The average Bonchev–Trinajstić information content (AvgIpc) is 3.28. The second-order valence-corrected chi connectivity index (χ2v) is 7.04. The second-order valence-electron chi connectivity index (χ2n) is 7.04. The molecule has 134 valence electrons. The number of hydrogen-bond acceptors (Lipinski definition) is 3. The Labute approximate surface area is 154 Å². The highest BCUT2D eigenvalue weighted by Gasteiger charge is 2.15. The van der Waals surface area contributed by atoms with E-state index in [9.17, 15) is 10.2 Å². The van der Waals surface area contributed by atoms with Crippen molar-refractivity contribution < 1.29 is 15.3 Å². The number of rotatable bonds is 2. The van der Waals surface area contributed by atoms with E-state index < -0.39 is 0 Å². The lowest BCUT2D eigenvalue weighted by Crippen LogP contribution is -1.96. The predicted octanol–water partition coefficient (Wildman–Crippen LogP) is 5.29. The fraction of sp³-hybridized carbons (Fsp3) is 0.217. The molecule has 2 aliphatic carbocycles. The number of phenolic OH excluding ortho intramolecular Hbond substituents is 3. The first-order valence-corrected chi connectivity index (χ1v) is 8.68. The van der Waals surface area contributed by atoms with Crippen molar-refractivity contribution in [1.82, 2.24) is 0 Å². The highest BCUT2D eigenvalue weighted by Crippen LogP contribution is 2.42. The molecule has 0 unspecified atom stereocenters. The second kappa shape index (κ2) is 6.75. The van der Waals surface area contributed by atoms with Crippen LogP contribution in [0.1, 0.15) is 33.4 Å². The molecule has 0 saturated carbocycles. The van der Waals surface area contributed by atoms with Crippen molar-refractivity contribution in [3.05, 3.63) is 75.8 Å². The normalized spacial score (nSPS) is 10.9. The van der Waals surface area contributed by atoms with Crippen LogP contribution in [0.15, 0.2) is 42.5 Å². The number of benzene rings is 3. The molecular formula is C23H24O3. The van der Waals surface area contributed by atoms with Crippen molar-refractivity contribution in [3.8, 4) is 28.4 Å². The summed E-state index contributed by atoms with van der Waals surface area (Å²) in [6.07, 6.45) is 0.819. The SMILES string of the molecule is Cc1cc(Cc2cc(C)c(O)cc2C)c(C)cc1O.Oc1ccc2cc1-2. The Morgan fingerprint density at radius 2 is 1.08 bits per heavy atom. The van der Waals surface area contributed by atoms with Crippen LogP contribution in [0, 0.1) is 27.7 Å². The lowest BCUT2D eigenvalue weighted by molar-refractivity contribution is 0.470.